The summed E-state index contributed by atoms with van der Waals surface area (Å²) in [5.74, 6) is -0.0261. The minimum Gasteiger partial charge on any atom is -0.391 e. The van der Waals surface area contributed by atoms with E-state index in [1.165, 1.54) is 0 Å². The molecule has 0 aliphatic rings. The molecule has 5 nitrogen and oxygen atoms in total. The topological polar surface area (TPSA) is 75.1 Å². The van der Waals surface area contributed by atoms with Gasteiger partial charge in [-0.05, 0) is 23.9 Å². The van der Waals surface area contributed by atoms with Crippen molar-refractivity contribution in [2.45, 2.75) is 39.2 Å². The SMILES string of the molecule is CCC(O)CNC(=O)c1snnc1C(C)C. The molecule has 1 heterocycles. The number of carbonyl (C=O) groups is 1. The highest BCUT2D eigenvalue weighted by atomic mass is 32.1. The van der Waals surface area contributed by atoms with E-state index in [9.17, 15) is 9.90 Å². The lowest BCUT2D eigenvalue weighted by atomic mass is 10.1. The molecular formula is C10H17N3O2S. The molecule has 1 aromatic heterocycles. The summed E-state index contributed by atoms with van der Waals surface area (Å²) in [4.78, 5) is 12.3. The molecule has 1 aromatic rings. The number of hydrogen-bond donors (Lipinski definition) is 2. The first kappa shape index (κ1) is 13.1. The van der Waals surface area contributed by atoms with Crippen LogP contribution in [-0.4, -0.2) is 33.2 Å². The summed E-state index contributed by atoms with van der Waals surface area (Å²) in [6.07, 6.45) is 0.130. The van der Waals surface area contributed by atoms with Crippen molar-refractivity contribution in [3.63, 3.8) is 0 Å². The molecule has 0 radical (unpaired) electrons. The number of nitrogens with zero attached hydrogens (tertiary/aromatic N) is 2. The van der Waals surface area contributed by atoms with Crippen molar-refractivity contribution in [1.82, 2.24) is 14.9 Å². The molecule has 0 aliphatic heterocycles. The monoisotopic (exact) mass is 243 g/mol. The molecule has 0 fully saturated rings. The van der Waals surface area contributed by atoms with E-state index in [4.69, 9.17) is 0 Å². The summed E-state index contributed by atoms with van der Waals surface area (Å²) < 4.78 is 3.78. The molecule has 0 aromatic carbocycles. The van der Waals surface area contributed by atoms with Crippen molar-refractivity contribution in [2.75, 3.05) is 6.54 Å². The van der Waals surface area contributed by atoms with Gasteiger partial charge in [-0.1, -0.05) is 25.3 Å². The lowest BCUT2D eigenvalue weighted by Gasteiger charge is -2.09. The molecule has 1 rings (SSSR count). The first-order chi connectivity index (χ1) is 7.56. The summed E-state index contributed by atoms with van der Waals surface area (Å²) >= 11 is 1.09. The number of nitrogens with one attached hydrogen (secondary N) is 1. The van der Waals surface area contributed by atoms with Crippen LogP contribution in [0.4, 0.5) is 0 Å². The average Bonchev–Trinajstić information content (AvgIpc) is 2.74. The van der Waals surface area contributed by atoms with Crippen molar-refractivity contribution in [1.29, 1.82) is 0 Å². The molecule has 90 valence electrons. The van der Waals surface area contributed by atoms with Crippen molar-refractivity contribution in [3.8, 4) is 0 Å². The van der Waals surface area contributed by atoms with Crippen LogP contribution in [0.5, 0.6) is 0 Å². The number of hydrogen-bond acceptors (Lipinski definition) is 5. The first-order valence-corrected chi connectivity index (χ1v) is 6.12. The van der Waals surface area contributed by atoms with E-state index in [1.54, 1.807) is 0 Å². The van der Waals surface area contributed by atoms with E-state index in [1.807, 2.05) is 20.8 Å². The molecule has 1 atom stereocenters. The first-order valence-electron chi connectivity index (χ1n) is 5.34. The van der Waals surface area contributed by atoms with Crippen LogP contribution in [0, 0.1) is 0 Å². The number of rotatable bonds is 5. The molecule has 0 saturated heterocycles. The van der Waals surface area contributed by atoms with E-state index in [2.05, 4.69) is 14.9 Å². The fourth-order valence-electron chi connectivity index (χ4n) is 1.17. The summed E-state index contributed by atoms with van der Waals surface area (Å²) in [5.41, 5.74) is 0.716. The zero-order chi connectivity index (χ0) is 12.1. The molecule has 6 heteroatoms. The van der Waals surface area contributed by atoms with Gasteiger partial charge in [0.1, 0.15) is 4.88 Å². The van der Waals surface area contributed by atoms with Gasteiger partial charge in [-0.2, -0.15) is 0 Å². The van der Waals surface area contributed by atoms with Crippen LogP contribution in [0.15, 0.2) is 0 Å². The highest BCUT2D eigenvalue weighted by molar-refractivity contribution is 7.08. The summed E-state index contributed by atoms with van der Waals surface area (Å²) in [7, 11) is 0. The maximum absolute atomic E-state index is 11.8. The molecule has 0 aliphatic carbocycles. The highest BCUT2D eigenvalue weighted by Gasteiger charge is 2.18. The standard InChI is InChI=1S/C10H17N3O2S/c1-4-7(14)5-11-10(15)9-8(6(2)3)12-13-16-9/h6-7,14H,4-5H2,1-3H3,(H,11,15). The van der Waals surface area contributed by atoms with Crippen LogP contribution >= 0.6 is 11.5 Å². The Morgan fingerprint density at radius 3 is 2.81 bits per heavy atom. The number of aliphatic hydroxyl groups excluding tert-OH is 1. The third-order valence-electron chi connectivity index (χ3n) is 2.24. The lowest BCUT2D eigenvalue weighted by molar-refractivity contribution is 0.0916. The van der Waals surface area contributed by atoms with Gasteiger partial charge in [0.05, 0.1) is 11.8 Å². The predicted octanol–water partition coefficient (Wildman–Crippen LogP) is 1.16. The summed E-state index contributed by atoms with van der Waals surface area (Å²) in [5, 5.41) is 15.9. The second-order valence-corrected chi connectivity index (χ2v) is 4.67. The maximum atomic E-state index is 11.8. The van der Waals surface area contributed by atoms with Crippen LogP contribution in [0.25, 0.3) is 0 Å². The Labute approximate surface area is 99.0 Å². The fraction of sp³-hybridized carbons (Fsp3) is 0.700. The highest BCUT2D eigenvalue weighted by Crippen LogP contribution is 2.19. The molecular weight excluding hydrogens is 226 g/mol. The quantitative estimate of drug-likeness (QED) is 0.813. The molecule has 2 N–H and O–H groups in total. The van der Waals surface area contributed by atoms with Gasteiger partial charge in [-0.25, -0.2) is 0 Å². The van der Waals surface area contributed by atoms with E-state index >= 15 is 0 Å². The average molecular weight is 243 g/mol. The Balaban J connectivity index is 2.62. The maximum Gasteiger partial charge on any atom is 0.265 e. The van der Waals surface area contributed by atoms with Crippen LogP contribution in [0.2, 0.25) is 0 Å². The zero-order valence-corrected chi connectivity index (χ0v) is 10.5. The van der Waals surface area contributed by atoms with Gasteiger partial charge in [0.25, 0.3) is 5.91 Å². The van der Waals surface area contributed by atoms with Gasteiger partial charge in [0.2, 0.25) is 0 Å². The second-order valence-electron chi connectivity index (χ2n) is 3.91. The number of aliphatic hydroxyl groups is 1. The van der Waals surface area contributed by atoms with E-state index in [0.29, 0.717) is 17.0 Å². The third-order valence-corrected chi connectivity index (χ3v) is 2.98. The molecule has 1 amide bonds. The van der Waals surface area contributed by atoms with Gasteiger partial charge in [0.15, 0.2) is 0 Å². The zero-order valence-electron chi connectivity index (χ0n) is 9.73. The van der Waals surface area contributed by atoms with Crippen molar-refractivity contribution in [2.24, 2.45) is 0 Å². The van der Waals surface area contributed by atoms with Crippen LogP contribution in [0.1, 0.15) is 48.5 Å². The summed E-state index contributed by atoms with van der Waals surface area (Å²) in [6.45, 7) is 6.07. The lowest BCUT2D eigenvalue weighted by Crippen LogP contribution is -2.31. The third kappa shape index (κ3) is 3.24. The van der Waals surface area contributed by atoms with Crippen molar-refractivity contribution in [3.05, 3.63) is 10.6 Å². The van der Waals surface area contributed by atoms with Gasteiger partial charge in [-0.3, -0.25) is 4.79 Å². The Morgan fingerprint density at radius 1 is 1.56 bits per heavy atom. The molecule has 16 heavy (non-hydrogen) atoms. The van der Waals surface area contributed by atoms with Crippen LogP contribution in [0.3, 0.4) is 0 Å². The second kappa shape index (κ2) is 5.91. The van der Waals surface area contributed by atoms with Gasteiger partial charge < -0.3 is 10.4 Å². The largest absolute Gasteiger partial charge is 0.391 e. The Bertz CT molecular complexity index is 352. The normalized spacial score (nSPS) is 12.8. The van der Waals surface area contributed by atoms with E-state index < -0.39 is 6.10 Å². The molecule has 0 bridgehead atoms. The van der Waals surface area contributed by atoms with Crippen molar-refractivity contribution >= 4 is 17.4 Å². The van der Waals surface area contributed by atoms with Gasteiger partial charge in [-0.15, -0.1) is 5.10 Å². The number of aromatic nitrogens is 2. The minimum absolute atomic E-state index is 0.176. The molecule has 0 spiro atoms. The predicted molar refractivity (Wildman–Crippen MR) is 62.6 cm³/mol. The van der Waals surface area contributed by atoms with Gasteiger partial charge >= 0.3 is 0 Å². The smallest absolute Gasteiger partial charge is 0.265 e. The Morgan fingerprint density at radius 2 is 2.25 bits per heavy atom. The van der Waals surface area contributed by atoms with Crippen molar-refractivity contribution < 1.29 is 9.90 Å². The van der Waals surface area contributed by atoms with E-state index in [-0.39, 0.29) is 18.4 Å². The Hall–Kier alpha value is -1.01. The molecule has 1 unspecified atom stereocenters. The molecule has 0 saturated carbocycles. The Kier molecular flexibility index (Phi) is 4.82. The fourth-order valence-corrected chi connectivity index (χ4v) is 1.90. The van der Waals surface area contributed by atoms with Crippen LogP contribution < -0.4 is 5.32 Å². The van der Waals surface area contributed by atoms with Gasteiger partial charge in [0, 0.05) is 6.54 Å². The van der Waals surface area contributed by atoms with Crippen LogP contribution in [-0.2, 0) is 0 Å². The van der Waals surface area contributed by atoms with E-state index in [0.717, 1.165) is 11.5 Å². The summed E-state index contributed by atoms with van der Waals surface area (Å²) in [6, 6.07) is 0. The number of carbonyl (C=O) groups excluding carboxylic acids is 1. The number of amides is 1. The minimum atomic E-state index is -0.493.